The van der Waals surface area contributed by atoms with Crippen molar-refractivity contribution in [2.24, 2.45) is 18.7 Å². The summed E-state index contributed by atoms with van der Waals surface area (Å²) >= 11 is 3.66. The van der Waals surface area contributed by atoms with Crippen LogP contribution >= 0.6 is 15.9 Å². The van der Waals surface area contributed by atoms with Crippen LogP contribution in [0.3, 0.4) is 0 Å². The molecule has 1 aromatic heterocycles. The summed E-state index contributed by atoms with van der Waals surface area (Å²) in [7, 11) is 2.02. The smallest absolute Gasteiger partial charge is 0.0738 e. The first-order valence-electron chi connectivity index (χ1n) is 7.92. The van der Waals surface area contributed by atoms with Gasteiger partial charge in [0.25, 0.3) is 0 Å². The first-order chi connectivity index (χ1) is 9.45. The van der Waals surface area contributed by atoms with Crippen molar-refractivity contribution in [3.05, 3.63) is 15.9 Å². The van der Waals surface area contributed by atoms with Gasteiger partial charge in [-0.05, 0) is 54.5 Å². The minimum absolute atomic E-state index is 0.0362. The van der Waals surface area contributed by atoms with E-state index in [1.54, 1.807) is 0 Å². The molecule has 0 atom stereocenters. The number of halogens is 1. The molecule has 0 amide bonds. The third-order valence-electron chi connectivity index (χ3n) is 4.85. The second kappa shape index (κ2) is 6.61. The predicted molar refractivity (Wildman–Crippen MR) is 87.8 cm³/mol. The normalized spacial score (nSPS) is 26.9. The van der Waals surface area contributed by atoms with Gasteiger partial charge in [0.1, 0.15) is 0 Å². The highest BCUT2D eigenvalue weighted by molar-refractivity contribution is 9.10. The zero-order valence-electron chi connectivity index (χ0n) is 13.1. The third kappa shape index (κ3) is 3.64. The van der Waals surface area contributed by atoms with E-state index in [1.165, 1.54) is 37.8 Å². The van der Waals surface area contributed by atoms with Gasteiger partial charge in [0.05, 0.1) is 15.9 Å². The van der Waals surface area contributed by atoms with Gasteiger partial charge in [0, 0.05) is 19.0 Å². The third-order valence-corrected chi connectivity index (χ3v) is 5.88. The molecule has 0 aromatic carbocycles. The van der Waals surface area contributed by atoms with E-state index in [2.05, 4.69) is 28.0 Å². The van der Waals surface area contributed by atoms with Crippen LogP contribution in [0.25, 0.3) is 0 Å². The zero-order valence-corrected chi connectivity index (χ0v) is 14.7. The van der Waals surface area contributed by atoms with Gasteiger partial charge in [-0.3, -0.25) is 4.68 Å². The van der Waals surface area contributed by atoms with Crippen LogP contribution in [-0.4, -0.2) is 15.3 Å². The van der Waals surface area contributed by atoms with E-state index in [0.29, 0.717) is 0 Å². The lowest BCUT2D eigenvalue weighted by atomic mass is 9.73. The van der Waals surface area contributed by atoms with Gasteiger partial charge < -0.3 is 5.73 Å². The molecule has 114 valence electrons. The Morgan fingerprint density at radius 3 is 2.55 bits per heavy atom. The zero-order chi connectivity index (χ0) is 14.8. The second-order valence-electron chi connectivity index (χ2n) is 6.59. The first kappa shape index (κ1) is 16.0. The van der Waals surface area contributed by atoms with Crippen molar-refractivity contribution >= 4 is 15.9 Å². The van der Waals surface area contributed by atoms with E-state index in [-0.39, 0.29) is 5.54 Å². The van der Waals surface area contributed by atoms with Crippen molar-refractivity contribution in [2.75, 3.05) is 0 Å². The van der Waals surface area contributed by atoms with Crippen molar-refractivity contribution < 1.29 is 0 Å². The van der Waals surface area contributed by atoms with Crippen molar-refractivity contribution in [3.63, 3.8) is 0 Å². The topological polar surface area (TPSA) is 43.8 Å². The second-order valence-corrected chi connectivity index (χ2v) is 7.39. The minimum Gasteiger partial charge on any atom is -0.325 e. The standard InChI is InChI=1S/C16H28BrN3/c1-4-5-6-13-7-9-16(18,10-8-13)11-14-15(17)12(2)19-20(14)3/h13H,4-11,18H2,1-3H3. The fraction of sp³-hybridized carbons (Fsp3) is 0.812. The molecule has 20 heavy (non-hydrogen) atoms. The van der Waals surface area contributed by atoms with Crippen molar-refractivity contribution in [2.45, 2.75) is 70.8 Å². The largest absolute Gasteiger partial charge is 0.325 e. The number of unbranched alkanes of at least 4 members (excludes halogenated alkanes) is 1. The minimum atomic E-state index is -0.0362. The maximum atomic E-state index is 6.67. The molecule has 0 saturated heterocycles. The van der Waals surface area contributed by atoms with E-state index in [1.807, 2.05) is 18.7 Å². The molecule has 2 rings (SSSR count). The van der Waals surface area contributed by atoms with Crippen LogP contribution < -0.4 is 5.73 Å². The van der Waals surface area contributed by atoms with Gasteiger partial charge in [0.15, 0.2) is 0 Å². The van der Waals surface area contributed by atoms with Crippen LogP contribution in [0, 0.1) is 12.8 Å². The molecule has 1 fully saturated rings. The summed E-state index contributed by atoms with van der Waals surface area (Å²) in [5.74, 6) is 0.906. The lowest BCUT2D eigenvalue weighted by Gasteiger charge is -2.37. The van der Waals surface area contributed by atoms with Crippen molar-refractivity contribution in [1.29, 1.82) is 0 Å². The number of nitrogens with zero attached hydrogens (tertiary/aromatic N) is 2. The first-order valence-corrected chi connectivity index (χ1v) is 8.71. The molecule has 1 aliphatic carbocycles. The van der Waals surface area contributed by atoms with Crippen LogP contribution in [0.2, 0.25) is 0 Å². The molecule has 1 aliphatic rings. The Morgan fingerprint density at radius 2 is 2.05 bits per heavy atom. The molecule has 0 aliphatic heterocycles. The van der Waals surface area contributed by atoms with Crippen LogP contribution in [0.5, 0.6) is 0 Å². The van der Waals surface area contributed by atoms with Crippen molar-refractivity contribution in [3.8, 4) is 0 Å². The number of rotatable bonds is 5. The molecular weight excluding hydrogens is 314 g/mol. The van der Waals surface area contributed by atoms with Crippen LogP contribution in [0.1, 0.15) is 63.3 Å². The van der Waals surface area contributed by atoms with Crippen LogP contribution in [-0.2, 0) is 13.5 Å². The van der Waals surface area contributed by atoms with E-state index >= 15 is 0 Å². The molecule has 1 aromatic rings. The lowest BCUT2D eigenvalue weighted by molar-refractivity contribution is 0.219. The molecule has 2 N–H and O–H groups in total. The quantitative estimate of drug-likeness (QED) is 0.875. The van der Waals surface area contributed by atoms with Gasteiger partial charge in [-0.25, -0.2) is 0 Å². The number of hydrogen-bond acceptors (Lipinski definition) is 2. The number of nitrogens with two attached hydrogens (primary N) is 1. The van der Waals surface area contributed by atoms with E-state index < -0.39 is 0 Å². The van der Waals surface area contributed by atoms with E-state index in [0.717, 1.165) is 35.3 Å². The molecular formula is C16H28BrN3. The highest BCUT2D eigenvalue weighted by atomic mass is 79.9. The SMILES string of the molecule is CCCCC1CCC(N)(Cc2c(Br)c(C)nn2C)CC1. The highest BCUT2D eigenvalue weighted by Gasteiger charge is 2.33. The predicted octanol–water partition coefficient (Wildman–Crippen LogP) is 4.11. The highest BCUT2D eigenvalue weighted by Crippen LogP contribution is 2.36. The summed E-state index contributed by atoms with van der Waals surface area (Å²) in [6, 6.07) is 0. The fourth-order valence-corrected chi connectivity index (χ4v) is 3.89. The molecule has 0 spiro atoms. The Bertz CT molecular complexity index is 445. The van der Waals surface area contributed by atoms with Gasteiger partial charge in [0.2, 0.25) is 0 Å². The Kier molecular flexibility index (Phi) is 5.30. The van der Waals surface area contributed by atoms with Gasteiger partial charge >= 0.3 is 0 Å². The van der Waals surface area contributed by atoms with Crippen molar-refractivity contribution in [1.82, 2.24) is 9.78 Å². The van der Waals surface area contributed by atoms with Crippen LogP contribution in [0.4, 0.5) is 0 Å². The van der Waals surface area contributed by atoms with Crippen LogP contribution in [0.15, 0.2) is 4.47 Å². The Morgan fingerprint density at radius 1 is 1.40 bits per heavy atom. The summed E-state index contributed by atoms with van der Waals surface area (Å²) in [5.41, 5.74) is 8.94. The fourth-order valence-electron chi connectivity index (χ4n) is 3.42. The lowest BCUT2D eigenvalue weighted by Crippen LogP contribution is -2.45. The van der Waals surface area contributed by atoms with Gasteiger partial charge in [-0.15, -0.1) is 0 Å². The average Bonchev–Trinajstić information content (AvgIpc) is 2.65. The summed E-state index contributed by atoms with van der Waals surface area (Å²) in [6.45, 7) is 4.32. The maximum Gasteiger partial charge on any atom is 0.0738 e. The molecule has 4 heteroatoms. The van der Waals surface area contributed by atoms with E-state index in [4.69, 9.17) is 5.73 Å². The summed E-state index contributed by atoms with van der Waals surface area (Å²) < 4.78 is 3.12. The molecule has 1 heterocycles. The summed E-state index contributed by atoms with van der Waals surface area (Å²) in [5, 5.41) is 4.48. The van der Waals surface area contributed by atoms with Gasteiger partial charge in [-0.2, -0.15) is 5.10 Å². The molecule has 0 radical (unpaired) electrons. The number of aromatic nitrogens is 2. The Hall–Kier alpha value is -0.350. The van der Waals surface area contributed by atoms with E-state index in [9.17, 15) is 0 Å². The average molecular weight is 342 g/mol. The molecule has 3 nitrogen and oxygen atoms in total. The summed E-state index contributed by atoms with van der Waals surface area (Å²) in [4.78, 5) is 0. The van der Waals surface area contributed by atoms with Gasteiger partial charge in [-0.1, -0.05) is 26.2 Å². The summed E-state index contributed by atoms with van der Waals surface area (Å²) in [6.07, 6.45) is 9.90. The maximum absolute atomic E-state index is 6.67. The molecule has 1 saturated carbocycles. The number of aryl methyl sites for hydroxylation is 2. The molecule has 0 unspecified atom stereocenters. The Labute approximate surface area is 131 Å². The Balaban J connectivity index is 1.96. The molecule has 0 bridgehead atoms. The monoisotopic (exact) mass is 341 g/mol. The number of hydrogen-bond donors (Lipinski definition) is 1.